The van der Waals surface area contributed by atoms with Gasteiger partial charge in [-0.2, -0.15) is 0 Å². The number of furan rings is 1. The average molecular weight is 166 g/mol. The van der Waals surface area contributed by atoms with Crippen LogP contribution in [0.2, 0.25) is 0 Å². The summed E-state index contributed by atoms with van der Waals surface area (Å²) in [5, 5.41) is 0. The van der Waals surface area contributed by atoms with Gasteiger partial charge >= 0.3 is 0 Å². The van der Waals surface area contributed by atoms with Gasteiger partial charge in [-0.1, -0.05) is 20.3 Å². The molecule has 0 saturated carbocycles. The van der Waals surface area contributed by atoms with Crippen molar-refractivity contribution in [2.75, 3.05) is 0 Å². The fourth-order valence-electron chi connectivity index (χ4n) is 1.35. The Morgan fingerprint density at radius 3 is 2.58 bits per heavy atom. The molecule has 0 unspecified atom stereocenters. The summed E-state index contributed by atoms with van der Waals surface area (Å²) in [7, 11) is 0. The monoisotopic (exact) mass is 166 g/mol. The van der Waals surface area contributed by atoms with Crippen LogP contribution in [-0.4, -0.2) is 0 Å². The molecule has 1 nitrogen and oxygen atoms in total. The Labute approximate surface area is 74.8 Å². The minimum Gasteiger partial charge on any atom is -0.466 e. The molecule has 0 N–H and O–H groups in total. The van der Waals surface area contributed by atoms with Crippen LogP contribution in [0.1, 0.15) is 43.8 Å². The molecule has 0 spiro atoms. The molecule has 0 amide bonds. The van der Waals surface area contributed by atoms with E-state index in [0.717, 1.165) is 18.6 Å². The number of hydrogen-bond acceptors (Lipinski definition) is 1. The summed E-state index contributed by atoms with van der Waals surface area (Å²) in [5.41, 5.74) is 1.32. The van der Waals surface area contributed by atoms with Gasteiger partial charge in [-0.05, 0) is 25.0 Å². The first-order valence-corrected chi connectivity index (χ1v) is 4.86. The molecule has 12 heavy (non-hydrogen) atoms. The van der Waals surface area contributed by atoms with E-state index in [9.17, 15) is 0 Å². The minimum atomic E-state index is 1.01. The van der Waals surface area contributed by atoms with Gasteiger partial charge in [-0.15, -0.1) is 0 Å². The lowest BCUT2D eigenvalue weighted by Gasteiger charge is -1.95. The third-order valence-corrected chi connectivity index (χ3v) is 2.18. The SMILES string of the molecule is CCCCc1oc(CC)cc1C. The lowest BCUT2D eigenvalue weighted by molar-refractivity contribution is 0.461. The zero-order valence-electron chi connectivity index (χ0n) is 8.31. The van der Waals surface area contributed by atoms with Gasteiger partial charge in [-0.25, -0.2) is 0 Å². The molecule has 0 fully saturated rings. The average Bonchev–Trinajstić information content (AvgIpc) is 2.43. The van der Waals surface area contributed by atoms with Gasteiger partial charge in [0.1, 0.15) is 11.5 Å². The molecule has 1 aromatic heterocycles. The van der Waals surface area contributed by atoms with Crippen LogP contribution in [-0.2, 0) is 12.8 Å². The van der Waals surface area contributed by atoms with E-state index in [2.05, 4.69) is 26.8 Å². The first-order chi connectivity index (χ1) is 5.77. The van der Waals surface area contributed by atoms with Crippen molar-refractivity contribution < 1.29 is 4.42 Å². The lowest BCUT2D eigenvalue weighted by atomic mass is 10.1. The molecule has 0 aliphatic heterocycles. The Morgan fingerprint density at radius 2 is 2.08 bits per heavy atom. The van der Waals surface area contributed by atoms with Crippen molar-refractivity contribution >= 4 is 0 Å². The molecular formula is C11H18O. The highest BCUT2D eigenvalue weighted by molar-refractivity contribution is 5.20. The molecule has 1 rings (SSSR count). The standard InChI is InChI=1S/C11H18O/c1-4-6-7-11-9(3)8-10(5-2)12-11/h8H,4-7H2,1-3H3. The van der Waals surface area contributed by atoms with Crippen molar-refractivity contribution in [3.05, 3.63) is 23.2 Å². The van der Waals surface area contributed by atoms with E-state index in [4.69, 9.17) is 4.42 Å². The number of rotatable bonds is 4. The van der Waals surface area contributed by atoms with E-state index >= 15 is 0 Å². The second-order valence-corrected chi connectivity index (χ2v) is 3.28. The van der Waals surface area contributed by atoms with E-state index in [1.165, 1.54) is 24.2 Å². The zero-order valence-corrected chi connectivity index (χ0v) is 8.31. The van der Waals surface area contributed by atoms with E-state index in [1.54, 1.807) is 0 Å². The normalized spacial score (nSPS) is 10.6. The first-order valence-electron chi connectivity index (χ1n) is 4.86. The molecule has 1 aromatic rings. The number of hydrogen-bond donors (Lipinski definition) is 0. The Balaban J connectivity index is 2.64. The lowest BCUT2D eigenvalue weighted by Crippen LogP contribution is -1.83. The molecule has 0 aliphatic carbocycles. The molecule has 0 saturated heterocycles. The predicted molar refractivity (Wildman–Crippen MR) is 51.4 cm³/mol. The molecule has 1 heterocycles. The fraction of sp³-hybridized carbons (Fsp3) is 0.636. The van der Waals surface area contributed by atoms with E-state index in [-0.39, 0.29) is 0 Å². The summed E-state index contributed by atoms with van der Waals surface area (Å²) in [6.45, 7) is 6.47. The van der Waals surface area contributed by atoms with Gasteiger partial charge in [0, 0.05) is 12.8 Å². The van der Waals surface area contributed by atoms with Crippen LogP contribution in [0.3, 0.4) is 0 Å². The van der Waals surface area contributed by atoms with Gasteiger partial charge in [0.15, 0.2) is 0 Å². The quantitative estimate of drug-likeness (QED) is 0.667. The molecule has 68 valence electrons. The molecular weight excluding hydrogens is 148 g/mol. The summed E-state index contributed by atoms with van der Waals surface area (Å²) in [6, 6.07) is 2.16. The summed E-state index contributed by atoms with van der Waals surface area (Å²) in [4.78, 5) is 0. The van der Waals surface area contributed by atoms with E-state index in [0.29, 0.717) is 0 Å². The van der Waals surface area contributed by atoms with E-state index < -0.39 is 0 Å². The Hall–Kier alpha value is -0.720. The van der Waals surface area contributed by atoms with Crippen LogP contribution < -0.4 is 0 Å². The maximum absolute atomic E-state index is 5.67. The van der Waals surface area contributed by atoms with Gasteiger partial charge < -0.3 is 4.42 Å². The van der Waals surface area contributed by atoms with Gasteiger partial charge in [0.25, 0.3) is 0 Å². The van der Waals surface area contributed by atoms with Crippen molar-refractivity contribution in [1.29, 1.82) is 0 Å². The molecule has 0 bridgehead atoms. The molecule has 1 heteroatoms. The van der Waals surface area contributed by atoms with Crippen LogP contribution in [0.4, 0.5) is 0 Å². The number of aryl methyl sites for hydroxylation is 3. The summed E-state index contributed by atoms with van der Waals surface area (Å²) in [6.07, 6.45) is 4.58. The number of unbranched alkanes of at least 4 members (excludes halogenated alkanes) is 1. The van der Waals surface area contributed by atoms with Crippen LogP contribution in [0.25, 0.3) is 0 Å². The molecule has 0 aliphatic rings. The second kappa shape index (κ2) is 4.34. The summed E-state index contributed by atoms with van der Waals surface area (Å²) < 4.78 is 5.67. The van der Waals surface area contributed by atoms with Crippen LogP contribution in [0, 0.1) is 6.92 Å². The van der Waals surface area contributed by atoms with Crippen molar-refractivity contribution in [3.63, 3.8) is 0 Å². The van der Waals surface area contributed by atoms with Gasteiger partial charge in [0.2, 0.25) is 0 Å². The molecule has 0 atom stereocenters. The third-order valence-electron chi connectivity index (χ3n) is 2.18. The smallest absolute Gasteiger partial charge is 0.107 e. The highest BCUT2D eigenvalue weighted by Gasteiger charge is 2.04. The van der Waals surface area contributed by atoms with Crippen LogP contribution in [0.5, 0.6) is 0 Å². The maximum atomic E-state index is 5.67. The van der Waals surface area contributed by atoms with Gasteiger partial charge in [0.05, 0.1) is 0 Å². The predicted octanol–water partition coefficient (Wildman–Crippen LogP) is 3.49. The maximum Gasteiger partial charge on any atom is 0.107 e. The van der Waals surface area contributed by atoms with Gasteiger partial charge in [-0.3, -0.25) is 0 Å². The first kappa shape index (κ1) is 9.37. The topological polar surface area (TPSA) is 13.1 Å². The molecule has 0 aromatic carbocycles. The Morgan fingerprint density at radius 1 is 1.33 bits per heavy atom. The van der Waals surface area contributed by atoms with Crippen molar-refractivity contribution in [2.24, 2.45) is 0 Å². The third kappa shape index (κ3) is 2.13. The summed E-state index contributed by atoms with van der Waals surface area (Å²) >= 11 is 0. The van der Waals surface area contributed by atoms with Crippen molar-refractivity contribution in [3.8, 4) is 0 Å². The van der Waals surface area contributed by atoms with Crippen LogP contribution >= 0.6 is 0 Å². The molecule has 0 radical (unpaired) electrons. The van der Waals surface area contributed by atoms with Crippen molar-refractivity contribution in [1.82, 2.24) is 0 Å². The summed E-state index contributed by atoms with van der Waals surface area (Å²) in [5.74, 6) is 2.31. The largest absolute Gasteiger partial charge is 0.466 e. The minimum absolute atomic E-state index is 1.01. The fourth-order valence-corrected chi connectivity index (χ4v) is 1.35. The second-order valence-electron chi connectivity index (χ2n) is 3.28. The zero-order chi connectivity index (χ0) is 8.97. The highest BCUT2D eigenvalue weighted by Crippen LogP contribution is 2.17. The van der Waals surface area contributed by atoms with Crippen molar-refractivity contribution in [2.45, 2.75) is 46.5 Å². The Kier molecular flexibility index (Phi) is 3.39. The highest BCUT2D eigenvalue weighted by atomic mass is 16.3. The van der Waals surface area contributed by atoms with E-state index in [1.807, 2.05) is 0 Å². The van der Waals surface area contributed by atoms with Crippen LogP contribution in [0.15, 0.2) is 10.5 Å². The Bertz CT molecular complexity index is 235.